The van der Waals surface area contributed by atoms with Gasteiger partial charge in [0.25, 0.3) is 5.91 Å². The van der Waals surface area contributed by atoms with Gasteiger partial charge in [-0.2, -0.15) is 0 Å². The highest BCUT2D eigenvalue weighted by Crippen LogP contribution is 2.21. The standard InChI is InChI=1S/C21H16N4O3/c1-28-20(27)16-5-3-15(4-6-16)19(26)23-17-9-7-14(8-10-17)18-13-25-12-2-11-22-21(25)24-18/h2-13H,1H3,(H,23,26). The first kappa shape index (κ1) is 17.4. The quantitative estimate of drug-likeness (QED) is 0.555. The average molecular weight is 372 g/mol. The lowest BCUT2D eigenvalue weighted by atomic mass is 10.1. The van der Waals surface area contributed by atoms with Crippen LogP contribution < -0.4 is 5.32 Å². The van der Waals surface area contributed by atoms with Gasteiger partial charge in [0.1, 0.15) is 0 Å². The van der Waals surface area contributed by atoms with Crippen molar-refractivity contribution in [2.45, 2.75) is 0 Å². The molecule has 7 nitrogen and oxygen atoms in total. The Kier molecular flexibility index (Phi) is 4.55. The highest BCUT2D eigenvalue weighted by atomic mass is 16.5. The largest absolute Gasteiger partial charge is 0.465 e. The highest BCUT2D eigenvalue weighted by molar-refractivity contribution is 6.04. The second-order valence-electron chi connectivity index (χ2n) is 6.05. The molecule has 0 unspecified atom stereocenters. The fourth-order valence-electron chi connectivity index (χ4n) is 2.77. The lowest BCUT2D eigenvalue weighted by molar-refractivity contribution is 0.0600. The molecular weight excluding hydrogens is 356 g/mol. The molecule has 4 aromatic rings. The molecule has 0 aliphatic rings. The molecule has 2 heterocycles. The molecule has 2 aromatic heterocycles. The minimum atomic E-state index is -0.440. The second-order valence-corrected chi connectivity index (χ2v) is 6.05. The molecule has 138 valence electrons. The summed E-state index contributed by atoms with van der Waals surface area (Å²) >= 11 is 0. The van der Waals surface area contributed by atoms with E-state index in [-0.39, 0.29) is 5.91 Å². The monoisotopic (exact) mass is 372 g/mol. The Morgan fingerprint density at radius 3 is 2.39 bits per heavy atom. The fourth-order valence-corrected chi connectivity index (χ4v) is 2.77. The number of imidazole rings is 1. The first-order chi connectivity index (χ1) is 13.6. The number of carbonyl (C=O) groups is 2. The first-order valence-corrected chi connectivity index (χ1v) is 8.54. The molecular formula is C21H16N4O3. The van der Waals surface area contributed by atoms with Crippen LogP contribution in [-0.4, -0.2) is 33.4 Å². The number of rotatable bonds is 4. The zero-order chi connectivity index (χ0) is 19.5. The van der Waals surface area contributed by atoms with Crippen molar-refractivity contribution < 1.29 is 14.3 Å². The number of methoxy groups -OCH3 is 1. The number of nitrogens with zero attached hydrogens (tertiary/aromatic N) is 3. The smallest absolute Gasteiger partial charge is 0.337 e. The van der Waals surface area contributed by atoms with Crippen LogP contribution in [0.2, 0.25) is 0 Å². The Bertz CT molecular complexity index is 1120. The van der Waals surface area contributed by atoms with Crippen LogP contribution in [0.3, 0.4) is 0 Å². The van der Waals surface area contributed by atoms with Crippen LogP contribution in [0.15, 0.2) is 73.2 Å². The number of hydrogen-bond donors (Lipinski definition) is 1. The Morgan fingerprint density at radius 2 is 1.71 bits per heavy atom. The van der Waals surface area contributed by atoms with Gasteiger partial charge in [-0.15, -0.1) is 0 Å². The lowest BCUT2D eigenvalue weighted by Gasteiger charge is -2.07. The van der Waals surface area contributed by atoms with E-state index in [1.807, 2.05) is 47.1 Å². The molecule has 0 spiro atoms. The number of fused-ring (bicyclic) bond motifs is 1. The van der Waals surface area contributed by atoms with Crippen molar-refractivity contribution in [1.29, 1.82) is 0 Å². The molecule has 4 rings (SSSR count). The van der Waals surface area contributed by atoms with E-state index < -0.39 is 5.97 Å². The van der Waals surface area contributed by atoms with E-state index >= 15 is 0 Å². The van der Waals surface area contributed by atoms with Crippen molar-refractivity contribution in [3.63, 3.8) is 0 Å². The molecule has 1 N–H and O–H groups in total. The number of nitrogens with one attached hydrogen (secondary N) is 1. The predicted molar refractivity (Wildman–Crippen MR) is 104 cm³/mol. The number of aromatic nitrogens is 3. The van der Waals surface area contributed by atoms with Gasteiger partial charge in [0.15, 0.2) is 0 Å². The minimum Gasteiger partial charge on any atom is -0.465 e. The lowest BCUT2D eigenvalue weighted by Crippen LogP contribution is -2.12. The number of ether oxygens (including phenoxy) is 1. The topological polar surface area (TPSA) is 85.6 Å². The Hall–Kier alpha value is -4.00. The van der Waals surface area contributed by atoms with Gasteiger partial charge in [-0.05, 0) is 42.5 Å². The van der Waals surface area contributed by atoms with Gasteiger partial charge in [0.2, 0.25) is 5.78 Å². The highest BCUT2D eigenvalue weighted by Gasteiger charge is 2.10. The predicted octanol–water partition coefficient (Wildman–Crippen LogP) is 3.44. The SMILES string of the molecule is COC(=O)c1ccc(C(=O)Nc2ccc(-c3cn4cccnc4n3)cc2)cc1. The molecule has 1 amide bonds. The van der Waals surface area contributed by atoms with Crippen molar-refractivity contribution in [2.24, 2.45) is 0 Å². The number of hydrogen-bond acceptors (Lipinski definition) is 5. The summed E-state index contributed by atoms with van der Waals surface area (Å²) in [7, 11) is 1.31. The van der Waals surface area contributed by atoms with Crippen LogP contribution in [0.4, 0.5) is 5.69 Å². The van der Waals surface area contributed by atoms with Crippen molar-refractivity contribution in [1.82, 2.24) is 14.4 Å². The van der Waals surface area contributed by atoms with E-state index in [2.05, 4.69) is 20.0 Å². The van der Waals surface area contributed by atoms with E-state index in [4.69, 9.17) is 0 Å². The molecule has 28 heavy (non-hydrogen) atoms. The fraction of sp³-hybridized carbons (Fsp3) is 0.0476. The van der Waals surface area contributed by atoms with Gasteiger partial charge in [-0.25, -0.2) is 14.8 Å². The molecule has 0 saturated carbocycles. The Morgan fingerprint density at radius 1 is 1.00 bits per heavy atom. The maximum absolute atomic E-state index is 12.4. The third kappa shape index (κ3) is 3.45. The summed E-state index contributed by atoms with van der Waals surface area (Å²) in [5.41, 5.74) is 3.22. The van der Waals surface area contributed by atoms with E-state index in [0.29, 0.717) is 22.6 Å². The van der Waals surface area contributed by atoms with Gasteiger partial charge in [-0.1, -0.05) is 12.1 Å². The number of carbonyl (C=O) groups excluding carboxylic acids is 2. The van der Waals surface area contributed by atoms with E-state index in [0.717, 1.165) is 11.3 Å². The molecule has 0 radical (unpaired) electrons. The summed E-state index contributed by atoms with van der Waals surface area (Å²) in [5.74, 6) is -0.0731. The molecule has 0 aliphatic heterocycles. The summed E-state index contributed by atoms with van der Waals surface area (Å²) in [6.07, 6.45) is 5.49. The Balaban J connectivity index is 1.48. The zero-order valence-corrected chi connectivity index (χ0v) is 15.0. The van der Waals surface area contributed by atoms with Crippen LogP contribution in [0, 0.1) is 0 Å². The third-order valence-electron chi connectivity index (χ3n) is 4.24. The maximum Gasteiger partial charge on any atom is 0.337 e. The van der Waals surface area contributed by atoms with Crippen LogP contribution in [0.25, 0.3) is 17.0 Å². The summed E-state index contributed by atoms with van der Waals surface area (Å²) in [6.45, 7) is 0. The minimum absolute atomic E-state index is 0.263. The van der Waals surface area contributed by atoms with Crippen molar-refractivity contribution >= 4 is 23.3 Å². The Labute approximate surface area is 160 Å². The molecule has 0 aliphatic carbocycles. The van der Waals surface area contributed by atoms with Gasteiger partial charge in [0.05, 0.1) is 18.4 Å². The van der Waals surface area contributed by atoms with Crippen molar-refractivity contribution in [2.75, 3.05) is 12.4 Å². The van der Waals surface area contributed by atoms with Gasteiger partial charge in [-0.3, -0.25) is 9.20 Å². The van der Waals surface area contributed by atoms with E-state index in [1.165, 1.54) is 7.11 Å². The first-order valence-electron chi connectivity index (χ1n) is 8.54. The van der Waals surface area contributed by atoms with Crippen LogP contribution in [-0.2, 0) is 4.74 Å². The third-order valence-corrected chi connectivity index (χ3v) is 4.24. The molecule has 0 bridgehead atoms. The molecule has 0 atom stereocenters. The molecule has 0 fully saturated rings. The van der Waals surface area contributed by atoms with Crippen LogP contribution >= 0.6 is 0 Å². The van der Waals surface area contributed by atoms with Gasteiger partial charge >= 0.3 is 5.97 Å². The van der Waals surface area contributed by atoms with Crippen molar-refractivity contribution in [3.8, 4) is 11.3 Å². The summed E-state index contributed by atoms with van der Waals surface area (Å²) in [6, 6.07) is 15.5. The molecule has 0 saturated heterocycles. The number of amides is 1. The second kappa shape index (κ2) is 7.32. The normalized spacial score (nSPS) is 10.6. The molecule has 7 heteroatoms. The van der Waals surface area contributed by atoms with E-state index in [1.54, 1.807) is 30.5 Å². The van der Waals surface area contributed by atoms with E-state index in [9.17, 15) is 9.59 Å². The summed E-state index contributed by atoms with van der Waals surface area (Å²) < 4.78 is 6.50. The van der Waals surface area contributed by atoms with Gasteiger partial charge < -0.3 is 10.1 Å². The number of anilines is 1. The van der Waals surface area contributed by atoms with Crippen molar-refractivity contribution in [3.05, 3.63) is 84.3 Å². The number of esters is 1. The van der Waals surface area contributed by atoms with Crippen LogP contribution in [0.1, 0.15) is 20.7 Å². The number of benzene rings is 2. The summed E-state index contributed by atoms with van der Waals surface area (Å²) in [5, 5.41) is 2.83. The molecule has 2 aromatic carbocycles. The zero-order valence-electron chi connectivity index (χ0n) is 15.0. The van der Waals surface area contributed by atoms with Crippen LogP contribution in [0.5, 0.6) is 0 Å². The maximum atomic E-state index is 12.4. The average Bonchev–Trinajstić information content (AvgIpc) is 3.18. The van der Waals surface area contributed by atoms with Gasteiger partial charge in [0, 0.05) is 35.4 Å². The summed E-state index contributed by atoms with van der Waals surface area (Å²) in [4.78, 5) is 32.5.